The average molecular weight is 203 g/mol. The smallest absolute Gasteiger partial charge is 0.0702 e. The van der Waals surface area contributed by atoms with Crippen LogP contribution in [0.25, 0.3) is 10.9 Å². The Kier molecular flexibility index (Phi) is 2.73. The predicted octanol–water partition coefficient (Wildman–Crippen LogP) is 3.66. The Bertz CT molecular complexity index is 439. The van der Waals surface area contributed by atoms with Crippen LogP contribution in [-0.2, 0) is 0 Å². The van der Waals surface area contributed by atoms with Gasteiger partial charge < -0.3 is 0 Å². The third-order valence-corrected chi connectivity index (χ3v) is 3.41. The topological polar surface area (TPSA) is 12.9 Å². The van der Waals surface area contributed by atoms with Crippen molar-refractivity contribution >= 4 is 22.7 Å². The van der Waals surface area contributed by atoms with Gasteiger partial charge in [0.15, 0.2) is 0 Å². The zero-order valence-corrected chi connectivity index (χ0v) is 9.21. The van der Waals surface area contributed by atoms with Crippen LogP contribution in [-0.4, -0.2) is 11.2 Å². The molecule has 0 amide bonds. The highest BCUT2D eigenvalue weighted by Gasteiger charge is 2.04. The molecule has 2 rings (SSSR count). The molecule has 72 valence electrons. The summed E-state index contributed by atoms with van der Waals surface area (Å²) in [5, 5.41) is 1.75. The second kappa shape index (κ2) is 4.01. The van der Waals surface area contributed by atoms with Crippen molar-refractivity contribution in [1.29, 1.82) is 0 Å². The number of thioether (sulfide) groups is 1. The van der Waals surface area contributed by atoms with Crippen molar-refractivity contribution in [3.8, 4) is 0 Å². The first-order valence-electron chi connectivity index (χ1n) is 4.69. The molecule has 0 spiro atoms. The molecule has 0 aliphatic carbocycles. The Morgan fingerprint density at radius 3 is 2.86 bits per heavy atom. The van der Waals surface area contributed by atoms with Crippen LogP contribution in [0.1, 0.15) is 17.7 Å². The van der Waals surface area contributed by atoms with Crippen LogP contribution in [0.5, 0.6) is 0 Å². The number of benzene rings is 1. The molecule has 2 heteroatoms. The highest BCUT2D eigenvalue weighted by atomic mass is 32.2. The van der Waals surface area contributed by atoms with E-state index in [1.54, 1.807) is 0 Å². The lowest BCUT2D eigenvalue weighted by Crippen LogP contribution is -1.89. The van der Waals surface area contributed by atoms with E-state index in [0.717, 1.165) is 5.52 Å². The Balaban J connectivity index is 2.51. The lowest BCUT2D eigenvalue weighted by molar-refractivity contribution is 1.09. The number of rotatable bonds is 2. The lowest BCUT2D eigenvalue weighted by atomic mass is 10.1. The van der Waals surface area contributed by atoms with E-state index in [1.807, 2.05) is 30.1 Å². The van der Waals surface area contributed by atoms with E-state index in [9.17, 15) is 0 Å². The van der Waals surface area contributed by atoms with Gasteiger partial charge >= 0.3 is 0 Å². The first-order valence-corrected chi connectivity index (χ1v) is 5.97. The SMILES string of the molecule is CSC(C)c1cnc2ccccc2c1. The van der Waals surface area contributed by atoms with Crippen LogP contribution >= 0.6 is 11.8 Å². The summed E-state index contributed by atoms with van der Waals surface area (Å²) in [4.78, 5) is 4.44. The fourth-order valence-electron chi connectivity index (χ4n) is 1.45. The first-order chi connectivity index (χ1) is 6.81. The van der Waals surface area contributed by atoms with Gasteiger partial charge in [-0.1, -0.05) is 18.2 Å². The number of hydrogen-bond donors (Lipinski definition) is 0. The Labute approximate surface area is 88.6 Å². The Morgan fingerprint density at radius 1 is 1.29 bits per heavy atom. The number of para-hydroxylation sites is 1. The third kappa shape index (κ3) is 1.75. The van der Waals surface area contributed by atoms with Gasteiger partial charge in [-0.2, -0.15) is 11.8 Å². The number of fused-ring (bicyclic) bond motifs is 1. The van der Waals surface area contributed by atoms with Crippen LogP contribution in [0.15, 0.2) is 36.5 Å². The molecule has 0 aliphatic rings. The minimum absolute atomic E-state index is 0.520. The van der Waals surface area contributed by atoms with Gasteiger partial charge in [0.2, 0.25) is 0 Å². The van der Waals surface area contributed by atoms with Crippen LogP contribution in [0.4, 0.5) is 0 Å². The van der Waals surface area contributed by atoms with E-state index in [1.165, 1.54) is 10.9 Å². The molecule has 0 bridgehead atoms. The summed E-state index contributed by atoms with van der Waals surface area (Å²) in [7, 11) is 0. The highest BCUT2D eigenvalue weighted by Crippen LogP contribution is 2.26. The molecule has 0 saturated heterocycles. The van der Waals surface area contributed by atoms with Gasteiger partial charge in [-0.3, -0.25) is 4.98 Å². The molecule has 1 nitrogen and oxygen atoms in total. The maximum absolute atomic E-state index is 4.44. The van der Waals surface area contributed by atoms with E-state index in [4.69, 9.17) is 0 Å². The molecule has 1 atom stereocenters. The van der Waals surface area contributed by atoms with Gasteiger partial charge in [-0.05, 0) is 30.9 Å². The molecule has 1 aromatic heterocycles. The van der Waals surface area contributed by atoms with Crippen molar-refractivity contribution in [2.45, 2.75) is 12.2 Å². The summed E-state index contributed by atoms with van der Waals surface area (Å²) >= 11 is 1.85. The van der Waals surface area contributed by atoms with Crippen molar-refractivity contribution < 1.29 is 0 Å². The minimum Gasteiger partial charge on any atom is -0.256 e. The van der Waals surface area contributed by atoms with Crippen molar-refractivity contribution in [3.63, 3.8) is 0 Å². The zero-order valence-electron chi connectivity index (χ0n) is 8.40. The molecular formula is C12H13NS. The zero-order chi connectivity index (χ0) is 9.97. The average Bonchev–Trinajstić information content (AvgIpc) is 2.27. The van der Waals surface area contributed by atoms with E-state index >= 15 is 0 Å². The number of hydrogen-bond acceptors (Lipinski definition) is 2. The summed E-state index contributed by atoms with van der Waals surface area (Å²) in [6.07, 6.45) is 4.10. The molecule has 0 N–H and O–H groups in total. The Hall–Kier alpha value is -1.02. The molecule has 0 radical (unpaired) electrons. The van der Waals surface area contributed by atoms with E-state index < -0.39 is 0 Å². The summed E-state index contributed by atoms with van der Waals surface area (Å²) in [5.41, 5.74) is 2.38. The number of aromatic nitrogens is 1. The summed E-state index contributed by atoms with van der Waals surface area (Å²) in [5.74, 6) is 0. The first kappa shape index (κ1) is 9.53. The van der Waals surface area contributed by atoms with Gasteiger partial charge in [0.1, 0.15) is 0 Å². The monoisotopic (exact) mass is 203 g/mol. The predicted molar refractivity (Wildman–Crippen MR) is 63.7 cm³/mol. The summed E-state index contributed by atoms with van der Waals surface area (Å²) < 4.78 is 0. The van der Waals surface area contributed by atoms with Crippen molar-refractivity contribution in [3.05, 3.63) is 42.1 Å². The molecule has 0 saturated carbocycles. The van der Waals surface area contributed by atoms with Gasteiger partial charge in [-0.15, -0.1) is 0 Å². The molecule has 14 heavy (non-hydrogen) atoms. The molecule has 1 unspecified atom stereocenters. The normalized spacial score (nSPS) is 13.0. The second-order valence-electron chi connectivity index (χ2n) is 3.34. The second-order valence-corrected chi connectivity index (χ2v) is 4.52. The molecule has 0 fully saturated rings. The molecule has 1 heterocycles. The Morgan fingerprint density at radius 2 is 2.07 bits per heavy atom. The van der Waals surface area contributed by atoms with Gasteiger partial charge in [-0.25, -0.2) is 0 Å². The molecule has 0 aliphatic heterocycles. The van der Waals surface area contributed by atoms with Crippen molar-refractivity contribution in [1.82, 2.24) is 4.98 Å². The third-order valence-electron chi connectivity index (χ3n) is 2.43. The van der Waals surface area contributed by atoms with Gasteiger partial charge in [0, 0.05) is 16.8 Å². The number of pyridine rings is 1. The highest BCUT2D eigenvalue weighted by molar-refractivity contribution is 7.98. The van der Waals surface area contributed by atoms with E-state index in [2.05, 4.69) is 36.4 Å². The minimum atomic E-state index is 0.520. The fraction of sp³-hybridized carbons (Fsp3) is 0.250. The van der Waals surface area contributed by atoms with Gasteiger partial charge in [0.25, 0.3) is 0 Å². The summed E-state index contributed by atoms with van der Waals surface area (Å²) in [6.45, 7) is 2.20. The molecule has 1 aromatic carbocycles. The van der Waals surface area contributed by atoms with Crippen molar-refractivity contribution in [2.24, 2.45) is 0 Å². The van der Waals surface area contributed by atoms with Crippen LogP contribution in [0, 0.1) is 0 Å². The standard InChI is InChI=1S/C12H13NS/c1-9(14-2)11-7-10-5-3-4-6-12(10)13-8-11/h3-9H,1-2H3. The number of nitrogens with zero attached hydrogens (tertiary/aromatic N) is 1. The quantitative estimate of drug-likeness (QED) is 0.738. The maximum atomic E-state index is 4.44. The summed E-state index contributed by atoms with van der Waals surface area (Å²) in [6, 6.07) is 10.5. The van der Waals surface area contributed by atoms with Crippen LogP contribution < -0.4 is 0 Å². The van der Waals surface area contributed by atoms with Crippen molar-refractivity contribution in [2.75, 3.05) is 6.26 Å². The van der Waals surface area contributed by atoms with Gasteiger partial charge in [0.05, 0.1) is 5.52 Å². The fourth-order valence-corrected chi connectivity index (χ4v) is 1.85. The maximum Gasteiger partial charge on any atom is 0.0702 e. The van der Waals surface area contributed by atoms with E-state index in [0.29, 0.717) is 5.25 Å². The van der Waals surface area contributed by atoms with E-state index in [-0.39, 0.29) is 0 Å². The lowest BCUT2D eigenvalue weighted by Gasteiger charge is -2.08. The largest absolute Gasteiger partial charge is 0.256 e. The molecule has 2 aromatic rings. The van der Waals surface area contributed by atoms with Crippen LogP contribution in [0.2, 0.25) is 0 Å². The molecular weight excluding hydrogens is 190 g/mol. The van der Waals surface area contributed by atoms with Crippen LogP contribution in [0.3, 0.4) is 0 Å².